The minimum atomic E-state index is -4.94. The van der Waals surface area contributed by atoms with Gasteiger partial charge >= 0.3 is 6.18 Å². The molecule has 0 aromatic heterocycles. The molecule has 2 rings (SSSR count). The molecule has 0 aliphatic rings. The Morgan fingerprint density at radius 3 is 1.58 bits per heavy atom. The van der Waals surface area contributed by atoms with Crippen LogP contribution in [0.1, 0.15) is 17.6 Å². The lowest BCUT2D eigenvalue weighted by Gasteiger charge is -2.20. The highest BCUT2D eigenvalue weighted by atomic mass is 35.5. The molecule has 0 atom stereocenters. The van der Waals surface area contributed by atoms with Crippen LogP contribution in [0.5, 0.6) is 0 Å². The Balaban J connectivity index is 3.03. The Bertz CT molecular complexity index is 772. The average Bonchev–Trinajstić information content (AvgIpc) is 2.50. The maximum absolute atomic E-state index is 13.3. The first-order valence-electron chi connectivity index (χ1n) is 5.98. The van der Waals surface area contributed by atoms with Crippen molar-refractivity contribution in [3.8, 4) is 11.1 Å². The second-order valence-corrected chi connectivity index (χ2v) is 6.40. The molecule has 0 spiro atoms. The summed E-state index contributed by atoms with van der Waals surface area (Å²) >= 11 is 29.3. The molecular formula is C14H4Cl5F5. The van der Waals surface area contributed by atoms with Gasteiger partial charge in [0.25, 0.3) is 6.43 Å². The summed E-state index contributed by atoms with van der Waals surface area (Å²) in [5, 5.41) is -2.08. The first-order chi connectivity index (χ1) is 11.0. The third kappa shape index (κ3) is 3.42. The fraction of sp³-hybridized carbons (Fsp3) is 0.143. The Kier molecular flexibility index (Phi) is 5.83. The van der Waals surface area contributed by atoms with E-state index in [1.54, 1.807) is 0 Å². The van der Waals surface area contributed by atoms with Crippen LogP contribution in [-0.4, -0.2) is 0 Å². The first-order valence-corrected chi connectivity index (χ1v) is 7.87. The molecule has 0 bridgehead atoms. The second-order valence-electron chi connectivity index (χ2n) is 4.51. The van der Waals surface area contributed by atoms with Crippen LogP contribution in [0.4, 0.5) is 22.0 Å². The molecule has 0 saturated carbocycles. The SMILES string of the molecule is FC(F)c1cccc(C(F)(F)F)c1-c1c(Cl)c(Cl)c(Cl)c(Cl)c1Cl. The van der Waals surface area contributed by atoms with Crippen LogP contribution in [0.2, 0.25) is 25.1 Å². The Morgan fingerprint density at radius 1 is 0.708 bits per heavy atom. The quantitative estimate of drug-likeness (QED) is 0.247. The molecule has 0 saturated heterocycles. The van der Waals surface area contributed by atoms with E-state index in [0.717, 1.165) is 12.1 Å². The number of hydrogen-bond donors (Lipinski definition) is 0. The van der Waals surface area contributed by atoms with Crippen molar-refractivity contribution in [1.29, 1.82) is 0 Å². The van der Waals surface area contributed by atoms with Gasteiger partial charge in [-0.15, -0.1) is 0 Å². The molecule has 0 unspecified atom stereocenters. The average molecular weight is 444 g/mol. The number of benzene rings is 2. The van der Waals surface area contributed by atoms with Crippen LogP contribution >= 0.6 is 58.0 Å². The normalized spacial score (nSPS) is 12.1. The fourth-order valence-corrected chi connectivity index (χ4v) is 3.42. The molecule has 0 heterocycles. The lowest BCUT2D eigenvalue weighted by molar-refractivity contribution is -0.137. The van der Waals surface area contributed by atoms with Gasteiger partial charge in [0.05, 0.1) is 30.7 Å². The zero-order valence-corrected chi connectivity index (χ0v) is 14.9. The molecule has 0 N–H and O–H groups in total. The summed E-state index contributed by atoms with van der Waals surface area (Å²) < 4.78 is 66.5. The molecule has 24 heavy (non-hydrogen) atoms. The smallest absolute Gasteiger partial charge is 0.205 e. The van der Waals surface area contributed by atoms with Crippen LogP contribution in [0.3, 0.4) is 0 Å². The van der Waals surface area contributed by atoms with Crippen LogP contribution in [-0.2, 0) is 6.18 Å². The summed E-state index contributed by atoms with van der Waals surface area (Å²) in [6.45, 7) is 0. The zero-order chi connectivity index (χ0) is 18.4. The van der Waals surface area contributed by atoms with Gasteiger partial charge in [-0.2, -0.15) is 13.2 Å². The summed E-state index contributed by atoms with van der Waals surface area (Å²) in [5.74, 6) is 0. The van der Waals surface area contributed by atoms with E-state index in [4.69, 9.17) is 58.0 Å². The van der Waals surface area contributed by atoms with E-state index in [2.05, 4.69) is 0 Å². The van der Waals surface area contributed by atoms with Crippen molar-refractivity contribution in [1.82, 2.24) is 0 Å². The van der Waals surface area contributed by atoms with Gasteiger partial charge < -0.3 is 0 Å². The monoisotopic (exact) mass is 442 g/mol. The van der Waals surface area contributed by atoms with E-state index in [9.17, 15) is 22.0 Å². The van der Waals surface area contributed by atoms with Gasteiger partial charge in [0.15, 0.2) is 0 Å². The van der Waals surface area contributed by atoms with E-state index in [1.807, 2.05) is 0 Å². The highest BCUT2D eigenvalue weighted by Crippen LogP contribution is 2.52. The topological polar surface area (TPSA) is 0 Å². The zero-order valence-electron chi connectivity index (χ0n) is 11.1. The lowest BCUT2D eigenvalue weighted by Crippen LogP contribution is -2.10. The van der Waals surface area contributed by atoms with Crippen molar-refractivity contribution >= 4 is 58.0 Å². The number of alkyl halides is 5. The van der Waals surface area contributed by atoms with Crippen LogP contribution < -0.4 is 0 Å². The minimum Gasteiger partial charge on any atom is -0.205 e. The highest BCUT2D eigenvalue weighted by molar-refractivity contribution is 6.56. The van der Waals surface area contributed by atoms with Crippen molar-refractivity contribution in [3.63, 3.8) is 0 Å². The van der Waals surface area contributed by atoms with Crippen LogP contribution in [0, 0.1) is 0 Å². The molecule has 130 valence electrons. The maximum Gasteiger partial charge on any atom is 0.417 e. The molecule has 0 aliphatic carbocycles. The molecular weight excluding hydrogens is 440 g/mol. The summed E-state index contributed by atoms with van der Waals surface area (Å²) in [6, 6.07) is 2.32. The van der Waals surface area contributed by atoms with Gasteiger partial charge in [-0.05, 0) is 6.07 Å². The first kappa shape index (κ1) is 19.9. The Labute approximate surface area is 158 Å². The van der Waals surface area contributed by atoms with Gasteiger partial charge in [-0.3, -0.25) is 0 Å². The Morgan fingerprint density at radius 2 is 1.17 bits per heavy atom. The molecule has 0 radical (unpaired) electrons. The highest BCUT2D eigenvalue weighted by Gasteiger charge is 2.37. The van der Waals surface area contributed by atoms with Crippen molar-refractivity contribution < 1.29 is 22.0 Å². The third-order valence-electron chi connectivity index (χ3n) is 3.10. The standard InChI is InChI=1S/C14H4Cl5F5/c15-8-7(9(16)11(18)12(19)10(8)17)6-4(13(20)21)2-1-3-5(6)14(22,23)24/h1-3,13H. The van der Waals surface area contributed by atoms with E-state index >= 15 is 0 Å². The van der Waals surface area contributed by atoms with E-state index in [1.165, 1.54) is 0 Å². The largest absolute Gasteiger partial charge is 0.417 e. The predicted molar refractivity (Wildman–Crippen MR) is 86.9 cm³/mol. The molecule has 0 nitrogen and oxygen atoms in total. The maximum atomic E-state index is 13.3. The van der Waals surface area contributed by atoms with E-state index < -0.39 is 44.9 Å². The van der Waals surface area contributed by atoms with Crippen molar-refractivity contribution in [3.05, 3.63) is 54.4 Å². The number of hydrogen-bond acceptors (Lipinski definition) is 0. The minimum absolute atomic E-state index is 0.292. The summed E-state index contributed by atoms with van der Waals surface area (Å²) in [5.41, 5.74) is -3.71. The second kappa shape index (κ2) is 7.04. The molecule has 10 heteroatoms. The van der Waals surface area contributed by atoms with Gasteiger partial charge in [-0.25, -0.2) is 8.78 Å². The van der Waals surface area contributed by atoms with E-state index in [0.29, 0.717) is 6.07 Å². The molecule has 0 fully saturated rings. The molecule has 2 aromatic rings. The molecule has 0 amide bonds. The van der Waals surface area contributed by atoms with Gasteiger partial charge in [-0.1, -0.05) is 70.1 Å². The van der Waals surface area contributed by atoms with Crippen molar-refractivity contribution in [2.75, 3.05) is 0 Å². The van der Waals surface area contributed by atoms with Crippen molar-refractivity contribution in [2.45, 2.75) is 12.6 Å². The fourth-order valence-electron chi connectivity index (χ4n) is 2.09. The summed E-state index contributed by atoms with van der Waals surface area (Å²) in [6.07, 6.45) is -8.16. The van der Waals surface area contributed by atoms with Gasteiger partial charge in [0.2, 0.25) is 0 Å². The van der Waals surface area contributed by atoms with Crippen LogP contribution in [0.25, 0.3) is 11.1 Å². The van der Waals surface area contributed by atoms with Crippen LogP contribution in [0.15, 0.2) is 18.2 Å². The lowest BCUT2D eigenvalue weighted by atomic mass is 9.93. The van der Waals surface area contributed by atoms with Crippen molar-refractivity contribution in [2.24, 2.45) is 0 Å². The number of rotatable bonds is 2. The van der Waals surface area contributed by atoms with Gasteiger partial charge in [0, 0.05) is 16.7 Å². The Hall–Kier alpha value is -0.460. The number of halogens is 10. The molecule has 0 aliphatic heterocycles. The van der Waals surface area contributed by atoms with E-state index in [-0.39, 0.29) is 15.1 Å². The summed E-state index contributed by atoms with van der Waals surface area (Å²) in [7, 11) is 0. The summed E-state index contributed by atoms with van der Waals surface area (Å²) in [4.78, 5) is 0. The molecule has 2 aromatic carbocycles. The third-order valence-corrected chi connectivity index (χ3v) is 5.37. The predicted octanol–water partition coefficient (Wildman–Crippen LogP) is 8.58. The van der Waals surface area contributed by atoms with Gasteiger partial charge in [0.1, 0.15) is 0 Å².